The van der Waals surface area contributed by atoms with E-state index in [-0.39, 0.29) is 26.4 Å². The molecule has 0 aromatic carbocycles. The van der Waals surface area contributed by atoms with Crippen LogP contribution in [0.5, 0.6) is 0 Å². The van der Waals surface area contributed by atoms with Crippen LogP contribution in [0.25, 0.3) is 0 Å². The Bertz CT molecular complexity index is 329. The molecule has 0 spiro atoms. The molecule has 0 aliphatic heterocycles. The molecule has 0 unspecified atom stereocenters. The summed E-state index contributed by atoms with van der Waals surface area (Å²) in [4.78, 5) is 0. The molecule has 10 heteroatoms. The van der Waals surface area contributed by atoms with Crippen LogP contribution in [0.2, 0.25) is 0 Å². The summed E-state index contributed by atoms with van der Waals surface area (Å²) in [5.74, 6) is -0.527. The Morgan fingerprint density at radius 1 is 0.750 bits per heavy atom. The summed E-state index contributed by atoms with van der Waals surface area (Å²) in [5, 5.41) is 0. The molecule has 0 bridgehead atoms. The lowest BCUT2D eigenvalue weighted by Crippen LogP contribution is -2.04. The third kappa shape index (κ3) is 7.43. The monoisotopic (exact) mass is 332 g/mol. The Kier molecular flexibility index (Phi) is 9.38. The second-order valence-electron chi connectivity index (χ2n) is 3.12. The highest BCUT2D eigenvalue weighted by Gasteiger charge is 2.34. The second-order valence-corrected chi connectivity index (χ2v) is 6.31. The van der Waals surface area contributed by atoms with E-state index in [4.69, 9.17) is 27.1 Å². The average molecular weight is 332 g/mol. The molecule has 20 heavy (non-hydrogen) atoms. The van der Waals surface area contributed by atoms with E-state index in [1.165, 1.54) is 0 Å². The molecular formula is C10H22O8P2. The number of phosphoric acid groups is 2. The van der Waals surface area contributed by atoms with Gasteiger partial charge in [0.1, 0.15) is 0 Å². The zero-order chi connectivity index (χ0) is 15.6. The molecule has 0 aliphatic carbocycles. The van der Waals surface area contributed by atoms with Crippen LogP contribution in [-0.4, -0.2) is 26.4 Å². The molecule has 0 radical (unpaired) electrons. The number of hydrogen-bond donors (Lipinski definition) is 0. The summed E-state index contributed by atoms with van der Waals surface area (Å²) in [7, 11) is -7.71. The number of rotatable bonds is 12. The van der Waals surface area contributed by atoms with Crippen molar-refractivity contribution in [2.75, 3.05) is 26.4 Å². The van der Waals surface area contributed by atoms with Gasteiger partial charge in [0.25, 0.3) is 5.95 Å². The maximum absolute atomic E-state index is 12.0. The van der Waals surface area contributed by atoms with Crippen LogP contribution in [0.4, 0.5) is 0 Å². The third-order valence-corrected chi connectivity index (χ3v) is 4.73. The highest BCUT2D eigenvalue weighted by atomic mass is 31.2. The van der Waals surface area contributed by atoms with Crippen LogP contribution in [-0.2, 0) is 36.3 Å². The Morgan fingerprint density at radius 3 is 1.20 bits per heavy atom. The maximum atomic E-state index is 12.0. The molecule has 0 heterocycles. The van der Waals surface area contributed by atoms with Crippen molar-refractivity contribution in [3.05, 3.63) is 12.5 Å². The first-order chi connectivity index (χ1) is 9.34. The predicted molar refractivity (Wildman–Crippen MR) is 73.0 cm³/mol. The maximum Gasteiger partial charge on any atom is 0.532 e. The van der Waals surface area contributed by atoms with Gasteiger partial charge >= 0.3 is 15.6 Å². The summed E-state index contributed by atoms with van der Waals surface area (Å²) in [6, 6.07) is 0. The Hall–Kier alpha value is -0.360. The molecule has 0 saturated heterocycles. The van der Waals surface area contributed by atoms with Crippen molar-refractivity contribution in [3.8, 4) is 0 Å². The Labute approximate surface area is 119 Å². The van der Waals surface area contributed by atoms with E-state index < -0.39 is 21.6 Å². The van der Waals surface area contributed by atoms with Gasteiger partial charge in [-0.1, -0.05) is 0 Å². The van der Waals surface area contributed by atoms with Crippen molar-refractivity contribution in [3.63, 3.8) is 0 Å². The van der Waals surface area contributed by atoms with E-state index in [0.29, 0.717) is 0 Å². The lowest BCUT2D eigenvalue weighted by atomic mass is 10.9. The lowest BCUT2D eigenvalue weighted by molar-refractivity contribution is 0.0797. The van der Waals surface area contributed by atoms with Gasteiger partial charge in [0, 0.05) is 0 Å². The fraction of sp³-hybridized carbons (Fsp3) is 0.800. The fourth-order valence-corrected chi connectivity index (χ4v) is 3.34. The molecule has 0 aromatic rings. The molecule has 0 atom stereocenters. The normalized spacial score (nSPS) is 12.2. The summed E-state index contributed by atoms with van der Waals surface area (Å²) in [6.45, 7) is 10.2. The van der Waals surface area contributed by atoms with Crippen LogP contribution in [0, 0.1) is 0 Å². The van der Waals surface area contributed by atoms with E-state index >= 15 is 0 Å². The minimum Gasteiger partial charge on any atom is -0.371 e. The van der Waals surface area contributed by atoms with E-state index in [9.17, 15) is 9.13 Å². The predicted octanol–water partition coefficient (Wildman–Crippen LogP) is 3.85. The Balaban J connectivity index is 4.72. The average Bonchev–Trinajstić information content (AvgIpc) is 2.28. The minimum atomic E-state index is -3.86. The summed E-state index contributed by atoms with van der Waals surface area (Å²) < 4.78 is 53.3. The molecule has 0 fully saturated rings. The first kappa shape index (κ1) is 19.6. The highest BCUT2D eigenvalue weighted by Crippen LogP contribution is 2.56. The van der Waals surface area contributed by atoms with Gasteiger partial charge in [-0.3, -0.25) is 18.1 Å². The largest absolute Gasteiger partial charge is 0.532 e. The van der Waals surface area contributed by atoms with Crippen LogP contribution < -0.4 is 0 Å². The SMILES string of the molecule is C=C(OP(=O)(OCC)OCC)OP(=O)(OCC)OCC. The second kappa shape index (κ2) is 9.55. The van der Waals surface area contributed by atoms with Gasteiger partial charge in [-0.15, -0.1) is 0 Å². The van der Waals surface area contributed by atoms with Gasteiger partial charge in [0.05, 0.1) is 26.4 Å². The highest BCUT2D eigenvalue weighted by molar-refractivity contribution is 7.49. The smallest absolute Gasteiger partial charge is 0.371 e. The van der Waals surface area contributed by atoms with Crippen molar-refractivity contribution in [1.29, 1.82) is 0 Å². The van der Waals surface area contributed by atoms with Gasteiger partial charge in [0.15, 0.2) is 0 Å². The van der Waals surface area contributed by atoms with E-state index in [0.717, 1.165) is 0 Å². The fourth-order valence-electron chi connectivity index (χ4n) is 1.08. The van der Waals surface area contributed by atoms with E-state index in [1.807, 2.05) is 0 Å². The summed E-state index contributed by atoms with van der Waals surface area (Å²) in [6.07, 6.45) is 0. The van der Waals surface area contributed by atoms with Gasteiger partial charge in [-0.2, -0.15) is 0 Å². The Morgan fingerprint density at radius 2 is 1.00 bits per heavy atom. The van der Waals surface area contributed by atoms with Crippen molar-refractivity contribution >= 4 is 15.6 Å². The molecule has 0 aliphatic rings. The molecule has 120 valence electrons. The van der Waals surface area contributed by atoms with Crippen molar-refractivity contribution in [2.45, 2.75) is 27.7 Å². The van der Waals surface area contributed by atoms with E-state index in [1.54, 1.807) is 27.7 Å². The molecule has 0 N–H and O–H groups in total. The molecule has 0 rings (SSSR count). The molecule has 0 aromatic heterocycles. The molecule has 0 amide bonds. The molecular weight excluding hydrogens is 310 g/mol. The summed E-state index contributed by atoms with van der Waals surface area (Å²) in [5.41, 5.74) is 0. The van der Waals surface area contributed by atoms with E-state index in [2.05, 4.69) is 6.58 Å². The van der Waals surface area contributed by atoms with Crippen LogP contribution in [0.1, 0.15) is 27.7 Å². The topological polar surface area (TPSA) is 89.5 Å². The standard InChI is InChI=1S/C10H22O8P2/c1-6-13-19(11,14-7-2)17-10(5)18-20(12,15-8-3)16-9-4/h5-9H2,1-4H3. The van der Waals surface area contributed by atoms with Gasteiger partial charge < -0.3 is 9.05 Å². The first-order valence-electron chi connectivity index (χ1n) is 6.21. The number of phosphoric ester groups is 2. The summed E-state index contributed by atoms with van der Waals surface area (Å²) >= 11 is 0. The zero-order valence-electron chi connectivity index (χ0n) is 12.2. The third-order valence-electron chi connectivity index (χ3n) is 1.58. The zero-order valence-corrected chi connectivity index (χ0v) is 14.0. The number of hydrogen-bond acceptors (Lipinski definition) is 8. The lowest BCUT2D eigenvalue weighted by Gasteiger charge is -2.21. The quantitative estimate of drug-likeness (QED) is 0.393. The first-order valence-corrected chi connectivity index (χ1v) is 9.13. The van der Waals surface area contributed by atoms with Crippen molar-refractivity contribution in [1.82, 2.24) is 0 Å². The molecule has 8 nitrogen and oxygen atoms in total. The van der Waals surface area contributed by atoms with Crippen molar-refractivity contribution in [2.24, 2.45) is 0 Å². The van der Waals surface area contributed by atoms with Gasteiger partial charge in [-0.05, 0) is 34.3 Å². The van der Waals surface area contributed by atoms with Gasteiger partial charge in [-0.25, -0.2) is 9.13 Å². The minimum absolute atomic E-state index is 0.0964. The van der Waals surface area contributed by atoms with Crippen LogP contribution >= 0.6 is 15.6 Å². The van der Waals surface area contributed by atoms with Crippen molar-refractivity contribution < 1.29 is 36.3 Å². The van der Waals surface area contributed by atoms with Gasteiger partial charge in [0.2, 0.25) is 0 Å². The van der Waals surface area contributed by atoms with Crippen LogP contribution in [0.3, 0.4) is 0 Å². The van der Waals surface area contributed by atoms with Crippen LogP contribution in [0.15, 0.2) is 12.5 Å². The molecule has 0 saturated carbocycles.